The summed E-state index contributed by atoms with van der Waals surface area (Å²) in [5.74, 6) is -0.487. The highest BCUT2D eigenvalue weighted by molar-refractivity contribution is 5.94. The van der Waals surface area contributed by atoms with Gasteiger partial charge in [0, 0.05) is 25.1 Å². The molecule has 1 amide bonds. The van der Waals surface area contributed by atoms with Crippen LogP contribution in [0, 0.1) is 0 Å². The van der Waals surface area contributed by atoms with Gasteiger partial charge in [-0.25, -0.2) is 0 Å². The molecule has 0 saturated heterocycles. The lowest BCUT2D eigenvalue weighted by Crippen LogP contribution is -2.35. The molecule has 2 rings (SSSR count). The van der Waals surface area contributed by atoms with E-state index in [1.165, 1.54) is 11.1 Å². The van der Waals surface area contributed by atoms with Crippen molar-refractivity contribution in [3.05, 3.63) is 29.3 Å². The highest BCUT2D eigenvalue weighted by atomic mass is 16.4. The number of benzene rings is 1. The van der Waals surface area contributed by atoms with Gasteiger partial charge in [0.2, 0.25) is 5.91 Å². The van der Waals surface area contributed by atoms with E-state index in [-0.39, 0.29) is 12.3 Å². The molecule has 0 bridgehead atoms. The van der Waals surface area contributed by atoms with Crippen LogP contribution in [-0.2, 0) is 22.4 Å². The predicted molar refractivity (Wildman–Crippen MR) is 91.8 cm³/mol. The third-order valence-electron chi connectivity index (χ3n) is 4.41. The van der Waals surface area contributed by atoms with Crippen molar-refractivity contribution in [2.75, 3.05) is 11.4 Å². The Labute approximate surface area is 138 Å². The fraction of sp³-hybridized carbons (Fsp3) is 0.579. The van der Waals surface area contributed by atoms with Gasteiger partial charge in [-0.05, 0) is 55.7 Å². The van der Waals surface area contributed by atoms with Gasteiger partial charge in [0.25, 0.3) is 0 Å². The second-order valence-electron chi connectivity index (χ2n) is 6.32. The lowest BCUT2D eigenvalue weighted by Gasteiger charge is -2.30. The van der Waals surface area contributed by atoms with Crippen LogP contribution in [0.3, 0.4) is 0 Å². The summed E-state index contributed by atoms with van der Waals surface area (Å²) < 4.78 is 0. The molecule has 1 N–H and O–H groups in total. The zero-order valence-corrected chi connectivity index (χ0v) is 14.0. The molecule has 0 aliphatic carbocycles. The largest absolute Gasteiger partial charge is 0.481 e. The number of hydrogen-bond acceptors (Lipinski definition) is 2. The molecule has 0 fully saturated rings. The van der Waals surface area contributed by atoms with E-state index in [4.69, 9.17) is 5.11 Å². The van der Waals surface area contributed by atoms with Gasteiger partial charge in [0.1, 0.15) is 0 Å². The molecule has 0 aromatic heterocycles. The summed E-state index contributed by atoms with van der Waals surface area (Å²) in [7, 11) is 0. The van der Waals surface area contributed by atoms with Gasteiger partial charge >= 0.3 is 5.97 Å². The van der Waals surface area contributed by atoms with Crippen molar-refractivity contribution >= 4 is 17.6 Å². The van der Waals surface area contributed by atoms with Gasteiger partial charge in [-0.15, -0.1) is 0 Å². The molecule has 1 aromatic carbocycles. The van der Waals surface area contributed by atoms with E-state index in [0.29, 0.717) is 12.8 Å². The van der Waals surface area contributed by atoms with Gasteiger partial charge < -0.3 is 10.0 Å². The Morgan fingerprint density at radius 1 is 1.17 bits per heavy atom. The van der Waals surface area contributed by atoms with E-state index < -0.39 is 5.97 Å². The van der Waals surface area contributed by atoms with Crippen molar-refractivity contribution in [2.45, 2.75) is 64.7 Å². The lowest BCUT2D eigenvalue weighted by atomic mass is 9.96. The van der Waals surface area contributed by atoms with Gasteiger partial charge in [-0.3, -0.25) is 9.59 Å². The maximum Gasteiger partial charge on any atom is 0.303 e. The smallest absolute Gasteiger partial charge is 0.303 e. The Bertz CT molecular complexity index is 554. The summed E-state index contributed by atoms with van der Waals surface area (Å²) in [6.45, 7) is 2.93. The maximum atomic E-state index is 12.3. The van der Waals surface area contributed by atoms with Crippen molar-refractivity contribution in [1.82, 2.24) is 0 Å². The number of carboxylic acid groups (broad SMARTS) is 1. The van der Waals surface area contributed by atoms with Crippen LogP contribution in [-0.4, -0.2) is 23.5 Å². The summed E-state index contributed by atoms with van der Waals surface area (Å²) in [4.78, 5) is 24.8. The molecule has 1 aliphatic rings. The molecular formula is C19H27NO3. The summed E-state index contributed by atoms with van der Waals surface area (Å²) in [6, 6.07) is 6.37. The second-order valence-corrected chi connectivity index (χ2v) is 6.32. The fourth-order valence-electron chi connectivity index (χ4n) is 3.13. The van der Waals surface area contributed by atoms with Crippen molar-refractivity contribution < 1.29 is 14.7 Å². The van der Waals surface area contributed by atoms with E-state index in [1.54, 1.807) is 0 Å². The quantitative estimate of drug-likeness (QED) is 0.738. The number of fused-ring (bicyclic) bond motifs is 1. The number of aliphatic carboxylic acids is 1. The summed E-state index contributed by atoms with van der Waals surface area (Å²) >= 11 is 0. The zero-order valence-electron chi connectivity index (χ0n) is 14.0. The van der Waals surface area contributed by atoms with E-state index in [1.807, 2.05) is 4.90 Å². The standard InChI is InChI=1S/C19H27NO3/c1-2-3-9-18(21)20-13-6-8-16-14-15(11-12-17(16)20)7-4-5-10-19(22)23/h11-12,14H,2-10,13H2,1H3,(H,22,23). The van der Waals surface area contributed by atoms with Gasteiger partial charge in [-0.2, -0.15) is 0 Å². The normalized spacial score (nSPS) is 13.7. The second kappa shape index (κ2) is 8.70. The predicted octanol–water partition coefficient (Wildman–Crippen LogP) is 3.95. The first-order valence-corrected chi connectivity index (χ1v) is 8.75. The Morgan fingerprint density at radius 3 is 2.74 bits per heavy atom. The fourth-order valence-corrected chi connectivity index (χ4v) is 3.13. The maximum absolute atomic E-state index is 12.3. The SMILES string of the molecule is CCCCC(=O)N1CCCc2cc(CCCCC(=O)O)ccc21. The minimum Gasteiger partial charge on any atom is -0.481 e. The van der Waals surface area contributed by atoms with Crippen LogP contribution >= 0.6 is 0 Å². The number of carbonyl (C=O) groups is 2. The number of nitrogens with zero attached hydrogens (tertiary/aromatic N) is 1. The number of aryl methyl sites for hydroxylation is 2. The monoisotopic (exact) mass is 317 g/mol. The molecule has 0 atom stereocenters. The molecule has 1 aromatic rings. The van der Waals surface area contributed by atoms with Crippen molar-refractivity contribution in [3.63, 3.8) is 0 Å². The zero-order chi connectivity index (χ0) is 16.7. The highest BCUT2D eigenvalue weighted by Gasteiger charge is 2.22. The number of carbonyl (C=O) groups excluding carboxylic acids is 1. The first-order chi connectivity index (χ1) is 11.1. The lowest BCUT2D eigenvalue weighted by molar-refractivity contribution is -0.137. The minimum atomic E-state index is -0.725. The summed E-state index contributed by atoms with van der Waals surface area (Å²) in [5.41, 5.74) is 3.58. The number of unbranched alkanes of at least 4 members (excludes halogenated alkanes) is 2. The number of rotatable bonds is 8. The summed E-state index contributed by atoms with van der Waals surface area (Å²) in [5, 5.41) is 8.67. The van der Waals surface area contributed by atoms with E-state index in [0.717, 1.165) is 50.8 Å². The number of amides is 1. The Hall–Kier alpha value is -1.84. The van der Waals surface area contributed by atoms with E-state index in [9.17, 15) is 9.59 Å². The molecule has 0 radical (unpaired) electrons. The van der Waals surface area contributed by atoms with Crippen molar-refractivity contribution in [1.29, 1.82) is 0 Å². The van der Waals surface area contributed by atoms with E-state index >= 15 is 0 Å². The average molecular weight is 317 g/mol. The average Bonchev–Trinajstić information content (AvgIpc) is 2.55. The van der Waals surface area contributed by atoms with Gasteiger partial charge in [0.05, 0.1) is 0 Å². The van der Waals surface area contributed by atoms with Crippen molar-refractivity contribution in [2.24, 2.45) is 0 Å². The molecule has 126 valence electrons. The van der Waals surface area contributed by atoms with Gasteiger partial charge in [0.15, 0.2) is 0 Å². The molecule has 4 nitrogen and oxygen atoms in total. The molecule has 0 spiro atoms. The number of carboxylic acids is 1. The first-order valence-electron chi connectivity index (χ1n) is 8.75. The third-order valence-corrected chi connectivity index (χ3v) is 4.41. The van der Waals surface area contributed by atoms with Crippen LogP contribution < -0.4 is 4.90 Å². The molecule has 0 unspecified atom stereocenters. The van der Waals surface area contributed by atoms with Crippen LogP contribution in [0.5, 0.6) is 0 Å². The Kier molecular flexibility index (Phi) is 6.63. The van der Waals surface area contributed by atoms with Crippen LogP contribution in [0.15, 0.2) is 18.2 Å². The summed E-state index contributed by atoms with van der Waals surface area (Å²) in [6.07, 6.45) is 7.43. The van der Waals surface area contributed by atoms with Crippen LogP contribution in [0.4, 0.5) is 5.69 Å². The molecule has 0 saturated carbocycles. The highest BCUT2D eigenvalue weighted by Crippen LogP contribution is 2.29. The van der Waals surface area contributed by atoms with Crippen LogP contribution in [0.25, 0.3) is 0 Å². The molecule has 1 heterocycles. The van der Waals surface area contributed by atoms with Gasteiger partial charge in [-0.1, -0.05) is 25.5 Å². The van der Waals surface area contributed by atoms with Crippen LogP contribution in [0.2, 0.25) is 0 Å². The topological polar surface area (TPSA) is 57.6 Å². The molecular weight excluding hydrogens is 290 g/mol. The first kappa shape index (κ1) is 17.5. The number of hydrogen-bond donors (Lipinski definition) is 1. The minimum absolute atomic E-state index is 0.238. The van der Waals surface area contributed by atoms with Crippen LogP contribution in [0.1, 0.15) is 63.0 Å². The van der Waals surface area contributed by atoms with E-state index in [2.05, 4.69) is 25.1 Å². The Morgan fingerprint density at radius 2 is 2.00 bits per heavy atom. The van der Waals surface area contributed by atoms with Crippen molar-refractivity contribution in [3.8, 4) is 0 Å². The Balaban J connectivity index is 1.99. The molecule has 1 aliphatic heterocycles. The third kappa shape index (κ3) is 5.08. The molecule has 23 heavy (non-hydrogen) atoms. The number of anilines is 1. The molecule has 4 heteroatoms.